The minimum atomic E-state index is -3.62. The summed E-state index contributed by atoms with van der Waals surface area (Å²) in [5.41, 5.74) is 0. The lowest BCUT2D eigenvalue weighted by molar-refractivity contribution is -0.124. The van der Waals surface area contributed by atoms with Crippen LogP contribution in [0.1, 0.15) is 25.7 Å². The van der Waals surface area contributed by atoms with E-state index in [2.05, 4.69) is 10.6 Å². The Labute approximate surface area is 143 Å². The molecule has 7 heteroatoms. The maximum absolute atomic E-state index is 12.8. The van der Waals surface area contributed by atoms with Gasteiger partial charge in [-0.2, -0.15) is 4.31 Å². The molecule has 1 amide bonds. The number of carbonyl (C=O) groups excluding carboxylic acids is 1. The molecule has 2 N–H and O–H groups in total. The maximum atomic E-state index is 12.8. The molecule has 0 bridgehead atoms. The molecule has 2 heterocycles. The Kier molecular flexibility index (Phi) is 5.53. The van der Waals surface area contributed by atoms with E-state index in [1.165, 1.54) is 4.31 Å². The van der Waals surface area contributed by atoms with E-state index < -0.39 is 16.1 Å². The summed E-state index contributed by atoms with van der Waals surface area (Å²) in [6.07, 6.45) is 3.53. The molecule has 0 saturated carbocycles. The lowest BCUT2D eigenvalue weighted by Gasteiger charge is -2.26. The summed E-state index contributed by atoms with van der Waals surface area (Å²) in [5.74, 6) is 0.265. The van der Waals surface area contributed by atoms with Crippen LogP contribution in [0.25, 0.3) is 0 Å². The van der Waals surface area contributed by atoms with Crippen molar-refractivity contribution in [3.05, 3.63) is 30.3 Å². The fraction of sp³-hybridized carbons (Fsp3) is 0.588. The zero-order valence-electron chi connectivity index (χ0n) is 13.8. The Morgan fingerprint density at radius 2 is 2.00 bits per heavy atom. The highest BCUT2D eigenvalue weighted by atomic mass is 32.2. The topological polar surface area (TPSA) is 78.5 Å². The lowest BCUT2D eigenvalue weighted by Crippen LogP contribution is -2.48. The Hall–Kier alpha value is -1.44. The van der Waals surface area contributed by atoms with Crippen molar-refractivity contribution in [1.82, 2.24) is 14.9 Å². The van der Waals surface area contributed by atoms with E-state index in [0.29, 0.717) is 25.4 Å². The highest BCUT2D eigenvalue weighted by Gasteiger charge is 2.39. The van der Waals surface area contributed by atoms with Gasteiger partial charge in [0.2, 0.25) is 15.9 Å². The van der Waals surface area contributed by atoms with Gasteiger partial charge in [0, 0.05) is 13.1 Å². The summed E-state index contributed by atoms with van der Waals surface area (Å²) in [4.78, 5) is 12.8. The molecule has 0 spiro atoms. The summed E-state index contributed by atoms with van der Waals surface area (Å²) in [5, 5.41) is 6.29. The van der Waals surface area contributed by atoms with Gasteiger partial charge in [-0.1, -0.05) is 18.2 Å². The van der Waals surface area contributed by atoms with Gasteiger partial charge in [0.15, 0.2) is 0 Å². The van der Waals surface area contributed by atoms with Gasteiger partial charge in [-0.15, -0.1) is 0 Å². The number of piperidine rings is 1. The van der Waals surface area contributed by atoms with Crippen LogP contribution in [0, 0.1) is 5.92 Å². The SMILES string of the molecule is O=C(NCC1CCCNC1)C1CCCN1S(=O)(=O)c1ccccc1. The van der Waals surface area contributed by atoms with Crippen LogP contribution in [0.3, 0.4) is 0 Å². The van der Waals surface area contributed by atoms with Crippen LogP contribution in [0.15, 0.2) is 35.2 Å². The molecule has 0 aliphatic carbocycles. The maximum Gasteiger partial charge on any atom is 0.243 e. The second kappa shape index (κ2) is 7.63. The first-order chi connectivity index (χ1) is 11.6. The predicted molar refractivity (Wildman–Crippen MR) is 92.0 cm³/mol. The van der Waals surface area contributed by atoms with Crippen LogP contribution in [0.4, 0.5) is 0 Å². The third-order valence-corrected chi connectivity index (χ3v) is 6.74. The number of amides is 1. The normalized spacial score (nSPS) is 25.5. The molecule has 2 atom stereocenters. The van der Waals surface area contributed by atoms with E-state index in [9.17, 15) is 13.2 Å². The second-order valence-corrected chi connectivity index (χ2v) is 8.43. The molecule has 2 fully saturated rings. The molecule has 6 nitrogen and oxygen atoms in total. The average Bonchev–Trinajstić information content (AvgIpc) is 3.12. The largest absolute Gasteiger partial charge is 0.354 e. The van der Waals surface area contributed by atoms with Crippen LogP contribution in [0.2, 0.25) is 0 Å². The van der Waals surface area contributed by atoms with E-state index in [0.717, 1.165) is 32.4 Å². The van der Waals surface area contributed by atoms with E-state index in [4.69, 9.17) is 0 Å². The van der Waals surface area contributed by atoms with Crippen LogP contribution in [-0.2, 0) is 14.8 Å². The molecule has 2 aliphatic rings. The molecule has 1 aromatic carbocycles. The van der Waals surface area contributed by atoms with Crippen LogP contribution in [0.5, 0.6) is 0 Å². The molecule has 3 rings (SSSR count). The van der Waals surface area contributed by atoms with Crippen molar-refractivity contribution in [3.63, 3.8) is 0 Å². The number of hydrogen-bond acceptors (Lipinski definition) is 4. The Balaban J connectivity index is 1.65. The second-order valence-electron chi connectivity index (χ2n) is 6.54. The molecular weight excluding hydrogens is 326 g/mol. The summed E-state index contributed by atoms with van der Waals surface area (Å²) < 4.78 is 26.9. The number of sulfonamides is 1. The summed E-state index contributed by atoms with van der Waals surface area (Å²) in [6, 6.07) is 7.76. The summed E-state index contributed by atoms with van der Waals surface area (Å²) in [7, 11) is -3.62. The molecule has 0 radical (unpaired) electrons. The zero-order chi connectivity index (χ0) is 17.0. The number of nitrogens with one attached hydrogen (secondary N) is 2. The lowest BCUT2D eigenvalue weighted by atomic mass is 9.99. The summed E-state index contributed by atoms with van der Waals surface area (Å²) >= 11 is 0. The van der Waals surface area contributed by atoms with E-state index in [1.807, 2.05) is 0 Å². The predicted octanol–water partition coefficient (Wildman–Crippen LogP) is 0.956. The van der Waals surface area contributed by atoms with Crippen molar-refractivity contribution >= 4 is 15.9 Å². The highest BCUT2D eigenvalue weighted by Crippen LogP contribution is 2.26. The van der Waals surface area contributed by atoms with Crippen LogP contribution < -0.4 is 10.6 Å². The molecule has 0 aromatic heterocycles. The number of hydrogen-bond donors (Lipinski definition) is 2. The van der Waals surface area contributed by atoms with Gasteiger partial charge in [-0.25, -0.2) is 8.42 Å². The first kappa shape index (κ1) is 17.4. The highest BCUT2D eigenvalue weighted by molar-refractivity contribution is 7.89. The Bertz CT molecular complexity index is 657. The van der Waals surface area contributed by atoms with Crippen molar-refractivity contribution < 1.29 is 13.2 Å². The zero-order valence-corrected chi connectivity index (χ0v) is 14.6. The van der Waals surface area contributed by atoms with Gasteiger partial charge in [0.25, 0.3) is 0 Å². The number of benzene rings is 1. The third-order valence-electron chi connectivity index (χ3n) is 4.82. The minimum Gasteiger partial charge on any atom is -0.354 e. The van der Waals surface area contributed by atoms with Crippen molar-refractivity contribution in [1.29, 1.82) is 0 Å². The molecule has 132 valence electrons. The van der Waals surface area contributed by atoms with Crippen LogP contribution in [-0.4, -0.2) is 50.9 Å². The standard InChI is InChI=1S/C17H25N3O3S/c21-17(19-13-14-6-4-10-18-12-14)16-9-5-11-20(16)24(22,23)15-7-2-1-3-8-15/h1-3,7-8,14,16,18H,4-6,9-13H2,(H,19,21). The Morgan fingerprint density at radius 1 is 1.21 bits per heavy atom. The number of rotatable bonds is 5. The van der Waals surface area contributed by atoms with E-state index in [1.54, 1.807) is 30.3 Å². The smallest absolute Gasteiger partial charge is 0.243 e. The Morgan fingerprint density at radius 3 is 2.71 bits per heavy atom. The van der Waals surface area contributed by atoms with Gasteiger partial charge in [-0.3, -0.25) is 4.79 Å². The molecular formula is C17H25N3O3S. The fourth-order valence-electron chi connectivity index (χ4n) is 3.48. The van der Waals surface area contributed by atoms with E-state index >= 15 is 0 Å². The third kappa shape index (κ3) is 3.79. The molecule has 1 aromatic rings. The van der Waals surface area contributed by atoms with Crippen LogP contribution >= 0.6 is 0 Å². The van der Waals surface area contributed by atoms with Gasteiger partial charge < -0.3 is 10.6 Å². The number of carbonyl (C=O) groups is 1. The van der Waals surface area contributed by atoms with Crippen molar-refractivity contribution in [2.75, 3.05) is 26.2 Å². The monoisotopic (exact) mass is 351 g/mol. The first-order valence-corrected chi connectivity index (χ1v) is 10.1. The minimum absolute atomic E-state index is 0.169. The number of nitrogens with zero attached hydrogens (tertiary/aromatic N) is 1. The van der Waals surface area contributed by atoms with Gasteiger partial charge in [0.05, 0.1) is 4.90 Å². The van der Waals surface area contributed by atoms with Crippen molar-refractivity contribution in [3.8, 4) is 0 Å². The van der Waals surface area contributed by atoms with Gasteiger partial charge in [0.1, 0.15) is 6.04 Å². The van der Waals surface area contributed by atoms with Crippen molar-refractivity contribution in [2.24, 2.45) is 5.92 Å². The summed E-state index contributed by atoms with van der Waals surface area (Å²) in [6.45, 7) is 2.97. The fourth-order valence-corrected chi connectivity index (χ4v) is 5.16. The molecule has 24 heavy (non-hydrogen) atoms. The molecule has 2 saturated heterocycles. The van der Waals surface area contributed by atoms with Gasteiger partial charge >= 0.3 is 0 Å². The van der Waals surface area contributed by atoms with Crippen molar-refractivity contribution in [2.45, 2.75) is 36.6 Å². The quantitative estimate of drug-likeness (QED) is 0.828. The van der Waals surface area contributed by atoms with E-state index in [-0.39, 0.29) is 10.8 Å². The first-order valence-electron chi connectivity index (χ1n) is 8.64. The molecule has 2 aliphatic heterocycles. The molecule has 2 unspecified atom stereocenters. The van der Waals surface area contributed by atoms with Gasteiger partial charge in [-0.05, 0) is 56.8 Å². The average molecular weight is 351 g/mol.